The molecule has 0 spiro atoms. The number of rotatable bonds is 4. The van der Waals surface area contributed by atoms with Crippen molar-refractivity contribution < 1.29 is 14.3 Å². The van der Waals surface area contributed by atoms with E-state index in [1.807, 2.05) is 36.4 Å². The monoisotopic (exact) mass is 405 g/mol. The molecule has 1 aromatic heterocycles. The number of carbonyl (C=O) groups is 1. The van der Waals surface area contributed by atoms with E-state index in [2.05, 4.69) is 23.7 Å². The number of nitrogens with zero attached hydrogens (tertiary/aromatic N) is 1. The normalized spacial score (nSPS) is 18.3. The van der Waals surface area contributed by atoms with Gasteiger partial charge in [0.05, 0.1) is 18.8 Å². The molecule has 3 aromatic rings. The molecule has 156 valence electrons. The minimum absolute atomic E-state index is 0.0511. The highest BCUT2D eigenvalue weighted by atomic mass is 16.5. The summed E-state index contributed by atoms with van der Waals surface area (Å²) < 4.78 is 11.4. The molecule has 1 fully saturated rings. The number of H-pyrrole nitrogens is 1. The topological polar surface area (TPSA) is 80.6 Å². The molecular weight excluding hydrogens is 378 g/mol. The molecule has 0 unspecified atom stereocenters. The predicted molar refractivity (Wildman–Crippen MR) is 117 cm³/mol. The van der Waals surface area contributed by atoms with Crippen molar-refractivity contribution >= 4 is 22.4 Å². The molecule has 5 rings (SSSR count). The van der Waals surface area contributed by atoms with Gasteiger partial charge in [0, 0.05) is 52.9 Å². The van der Waals surface area contributed by atoms with Crippen LogP contribution in [0.1, 0.15) is 41.0 Å². The van der Waals surface area contributed by atoms with Gasteiger partial charge in [-0.3, -0.25) is 9.69 Å². The number of nitrogens with one attached hydrogen (secondary N) is 1. The van der Waals surface area contributed by atoms with Crippen molar-refractivity contribution in [3.63, 3.8) is 0 Å². The zero-order valence-electron chi connectivity index (χ0n) is 17.5. The maximum atomic E-state index is 13.4. The molecule has 30 heavy (non-hydrogen) atoms. The maximum absolute atomic E-state index is 13.4. The van der Waals surface area contributed by atoms with Crippen LogP contribution in [0.25, 0.3) is 10.9 Å². The van der Waals surface area contributed by atoms with E-state index in [0.717, 1.165) is 71.9 Å². The fourth-order valence-corrected chi connectivity index (χ4v) is 4.63. The van der Waals surface area contributed by atoms with Crippen molar-refractivity contribution in [3.8, 4) is 5.75 Å². The number of nitrogen functional groups attached to an aromatic ring is 1. The van der Waals surface area contributed by atoms with Crippen LogP contribution in [0.3, 0.4) is 0 Å². The van der Waals surface area contributed by atoms with Crippen LogP contribution in [-0.2, 0) is 10.2 Å². The van der Waals surface area contributed by atoms with Crippen molar-refractivity contribution in [2.45, 2.75) is 19.3 Å². The summed E-state index contributed by atoms with van der Waals surface area (Å²) in [6.45, 7) is 9.24. The molecule has 0 bridgehead atoms. The number of carbonyl (C=O) groups excluding carboxylic acids is 1. The SMILES string of the molecule is CC1(C)c2cc(OCCN3CCOCC3)ccc2C(=O)c2c1[nH]c1cc(N)ccc21. The molecule has 0 atom stereocenters. The van der Waals surface area contributed by atoms with Gasteiger partial charge >= 0.3 is 0 Å². The second-order valence-electron chi connectivity index (χ2n) is 8.64. The van der Waals surface area contributed by atoms with Crippen LogP contribution < -0.4 is 10.5 Å². The second kappa shape index (κ2) is 7.15. The van der Waals surface area contributed by atoms with Gasteiger partial charge in [0.15, 0.2) is 5.78 Å². The van der Waals surface area contributed by atoms with Crippen LogP contribution >= 0.6 is 0 Å². The molecule has 2 heterocycles. The highest BCUT2D eigenvalue weighted by Crippen LogP contribution is 2.44. The third kappa shape index (κ3) is 3.07. The number of aromatic amines is 1. The molecule has 1 aliphatic heterocycles. The van der Waals surface area contributed by atoms with Gasteiger partial charge < -0.3 is 20.2 Å². The van der Waals surface area contributed by atoms with Crippen molar-refractivity contribution in [2.75, 3.05) is 45.2 Å². The summed E-state index contributed by atoms with van der Waals surface area (Å²) in [5.74, 6) is 0.849. The van der Waals surface area contributed by atoms with E-state index in [1.54, 1.807) is 0 Å². The first-order valence-corrected chi connectivity index (χ1v) is 10.5. The zero-order chi connectivity index (χ0) is 20.9. The van der Waals surface area contributed by atoms with Gasteiger partial charge in [-0.25, -0.2) is 0 Å². The first-order chi connectivity index (χ1) is 14.4. The fourth-order valence-electron chi connectivity index (χ4n) is 4.63. The Morgan fingerprint density at radius 3 is 2.77 bits per heavy atom. The molecule has 6 heteroatoms. The highest BCUT2D eigenvalue weighted by Gasteiger charge is 2.39. The van der Waals surface area contributed by atoms with Crippen LogP contribution in [0, 0.1) is 0 Å². The Bertz CT molecular complexity index is 1130. The van der Waals surface area contributed by atoms with E-state index < -0.39 is 0 Å². The molecule has 1 aliphatic carbocycles. The fraction of sp³-hybridized carbons (Fsp3) is 0.375. The van der Waals surface area contributed by atoms with Crippen LogP contribution in [0.5, 0.6) is 5.75 Å². The Kier molecular flexibility index (Phi) is 4.56. The Morgan fingerprint density at radius 2 is 1.97 bits per heavy atom. The third-order valence-electron chi connectivity index (χ3n) is 6.36. The van der Waals surface area contributed by atoms with Crippen LogP contribution in [-0.4, -0.2) is 55.1 Å². The van der Waals surface area contributed by atoms with Crippen LogP contribution in [0.2, 0.25) is 0 Å². The first kappa shape index (κ1) is 19.2. The van der Waals surface area contributed by atoms with Crippen molar-refractivity contribution in [2.24, 2.45) is 0 Å². The lowest BCUT2D eigenvalue weighted by Crippen LogP contribution is -2.38. The average molecular weight is 405 g/mol. The molecule has 1 saturated heterocycles. The largest absolute Gasteiger partial charge is 0.492 e. The Labute approximate surface area is 176 Å². The Hall–Kier alpha value is -2.83. The molecular formula is C24H27N3O3. The molecule has 2 aliphatic rings. The predicted octanol–water partition coefficient (Wildman–Crippen LogP) is 3.33. The summed E-state index contributed by atoms with van der Waals surface area (Å²) in [7, 11) is 0. The van der Waals surface area contributed by atoms with Gasteiger partial charge in [-0.15, -0.1) is 0 Å². The minimum atomic E-state index is -0.351. The standard InChI is InChI=1S/C24H27N3O3/c1-24(2)19-14-16(30-12-9-27-7-10-29-11-8-27)4-6-17(19)22(28)21-18-5-3-15(25)13-20(18)26-23(21)24/h3-6,13-14,26H,7-12,25H2,1-2H3. The van der Waals surface area contributed by atoms with Crippen molar-refractivity contribution in [3.05, 3.63) is 58.8 Å². The maximum Gasteiger partial charge on any atom is 0.195 e. The van der Waals surface area contributed by atoms with E-state index in [0.29, 0.717) is 12.3 Å². The van der Waals surface area contributed by atoms with E-state index >= 15 is 0 Å². The van der Waals surface area contributed by atoms with Gasteiger partial charge in [-0.05, 0) is 35.9 Å². The van der Waals surface area contributed by atoms with E-state index in [1.165, 1.54) is 0 Å². The number of hydrogen-bond acceptors (Lipinski definition) is 5. The number of fused-ring (bicyclic) bond motifs is 4. The number of anilines is 1. The van der Waals surface area contributed by atoms with Crippen molar-refractivity contribution in [1.29, 1.82) is 0 Å². The molecule has 0 saturated carbocycles. The van der Waals surface area contributed by atoms with Crippen LogP contribution in [0.15, 0.2) is 36.4 Å². The summed E-state index contributed by atoms with van der Waals surface area (Å²) in [5.41, 5.74) is 10.6. The summed E-state index contributed by atoms with van der Waals surface area (Å²) >= 11 is 0. The smallest absolute Gasteiger partial charge is 0.195 e. The average Bonchev–Trinajstić information content (AvgIpc) is 3.13. The van der Waals surface area contributed by atoms with Gasteiger partial charge in [0.2, 0.25) is 0 Å². The number of aromatic nitrogens is 1. The quantitative estimate of drug-likeness (QED) is 0.651. The number of benzene rings is 2. The summed E-state index contributed by atoms with van der Waals surface area (Å²) in [6, 6.07) is 11.5. The molecule has 0 radical (unpaired) electrons. The molecule has 0 amide bonds. The van der Waals surface area contributed by atoms with Gasteiger partial charge in [-0.2, -0.15) is 0 Å². The van der Waals surface area contributed by atoms with E-state index in [4.69, 9.17) is 15.2 Å². The summed E-state index contributed by atoms with van der Waals surface area (Å²) in [6.07, 6.45) is 0. The molecule has 2 aromatic carbocycles. The van der Waals surface area contributed by atoms with Gasteiger partial charge in [0.25, 0.3) is 0 Å². The number of nitrogens with two attached hydrogens (primary N) is 1. The molecule has 3 N–H and O–H groups in total. The van der Waals surface area contributed by atoms with Crippen molar-refractivity contribution in [1.82, 2.24) is 9.88 Å². The zero-order valence-corrected chi connectivity index (χ0v) is 17.5. The Balaban J connectivity index is 1.45. The lowest BCUT2D eigenvalue weighted by molar-refractivity contribution is 0.0322. The van der Waals surface area contributed by atoms with E-state index in [-0.39, 0.29) is 11.2 Å². The minimum Gasteiger partial charge on any atom is -0.492 e. The number of hydrogen-bond donors (Lipinski definition) is 2. The number of ketones is 1. The number of ether oxygens (including phenoxy) is 2. The summed E-state index contributed by atoms with van der Waals surface area (Å²) in [5, 5.41) is 0.925. The van der Waals surface area contributed by atoms with Crippen LogP contribution in [0.4, 0.5) is 5.69 Å². The summed E-state index contributed by atoms with van der Waals surface area (Å²) in [4.78, 5) is 19.2. The van der Waals surface area contributed by atoms with Gasteiger partial charge in [-0.1, -0.05) is 19.9 Å². The Morgan fingerprint density at radius 1 is 1.17 bits per heavy atom. The first-order valence-electron chi connectivity index (χ1n) is 10.5. The van der Waals surface area contributed by atoms with E-state index in [9.17, 15) is 4.79 Å². The lowest BCUT2D eigenvalue weighted by atomic mass is 9.71. The molecule has 6 nitrogen and oxygen atoms in total. The highest BCUT2D eigenvalue weighted by molar-refractivity contribution is 6.20. The second-order valence-corrected chi connectivity index (χ2v) is 8.64. The number of morpholine rings is 1. The van der Waals surface area contributed by atoms with Gasteiger partial charge in [0.1, 0.15) is 12.4 Å². The third-order valence-corrected chi connectivity index (χ3v) is 6.36. The lowest BCUT2D eigenvalue weighted by Gasteiger charge is -2.32.